The smallest absolute Gasteiger partial charge is 0.407 e. The summed E-state index contributed by atoms with van der Waals surface area (Å²) in [4.78, 5) is 70.3. The lowest BCUT2D eigenvalue weighted by molar-refractivity contribution is -0.136. The van der Waals surface area contributed by atoms with E-state index in [1.165, 1.54) is 7.11 Å². The van der Waals surface area contributed by atoms with Crippen molar-refractivity contribution in [2.24, 2.45) is 11.8 Å². The second kappa shape index (κ2) is 17.6. The summed E-state index contributed by atoms with van der Waals surface area (Å²) in [7, 11) is 1.28. The van der Waals surface area contributed by atoms with Crippen molar-refractivity contribution in [3.63, 3.8) is 0 Å². The molecule has 0 saturated carbocycles. The molecule has 59 heavy (non-hydrogen) atoms. The molecule has 16 nitrogen and oxygen atoms in total. The van der Waals surface area contributed by atoms with Crippen LogP contribution in [-0.2, 0) is 14.3 Å². The number of nitrogens with one attached hydrogen (secondary N) is 4. The molecule has 2 aromatic carbocycles. The second-order valence-corrected chi connectivity index (χ2v) is 16.2. The number of hydrogen-bond donors (Lipinski definition) is 5. The second-order valence-electron chi connectivity index (χ2n) is 15.9. The van der Waals surface area contributed by atoms with Gasteiger partial charge in [-0.2, -0.15) is 0 Å². The van der Waals surface area contributed by atoms with E-state index in [-0.39, 0.29) is 40.9 Å². The highest BCUT2D eigenvalue weighted by Gasteiger charge is 2.39. The summed E-state index contributed by atoms with van der Waals surface area (Å²) in [6.45, 7) is 9.29. The van der Waals surface area contributed by atoms with Crippen molar-refractivity contribution >= 4 is 35.6 Å². The lowest BCUT2D eigenvalue weighted by atomic mass is 9.98. The van der Waals surface area contributed by atoms with Crippen molar-refractivity contribution < 1.29 is 38.5 Å². The van der Waals surface area contributed by atoms with E-state index < -0.39 is 24.3 Å². The third kappa shape index (κ3) is 8.68. The number of benzene rings is 2. The van der Waals surface area contributed by atoms with Crippen molar-refractivity contribution in [3.8, 4) is 45.1 Å². The molecule has 0 aliphatic carbocycles. The van der Waals surface area contributed by atoms with Gasteiger partial charge in [0.1, 0.15) is 35.2 Å². The van der Waals surface area contributed by atoms with E-state index in [0.717, 1.165) is 47.2 Å². The Hall–Kier alpha value is -5.77. The number of aromatic nitrogens is 4. The first-order valence-electron chi connectivity index (χ1n) is 20.1. The maximum absolute atomic E-state index is 13.7. The predicted molar refractivity (Wildman–Crippen MR) is 219 cm³/mol. The van der Waals surface area contributed by atoms with Crippen LogP contribution < -0.4 is 20.1 Å². The molecule has 5 N–H and O–H groups in total. The highest BCUT2D eigenvalue weighted by Crippen LogP contribution is 2.43. The number of hydrogen-bond acceptors (Lipinski definition) is 9. The van der Waals surface area contributed by atoms with Crippen LogP contribution in [0.15, 0.2) is 42.6 Å². The number of ether oxygens (including phenoxy) is 3. The topological polar surface area (TPSA) is 204 Å². The van der Waals surface area contributed by atoms with E-state index in [4.69, 9.17) is 30.8 Å². The normalized spacial score (nSPS) is 18.8. The minimum atomic E-state index is -1.25. The number of amides is 4. The van der Waals surface area contributed by atoms with Crippen LogP contribution in [0, 0.1) is 11.8 Å². The van der Waals surface area contributed by atoms with Gasteiger partial charge in [0.15, 0.2) is 5.15 Å². The Morgan fingerprint density at radius 3 is 1.95 bits per heavy atom. The summed E-state index contributed by atoms with van der Waals surface area (Å²) in [5.74, 6) is 1.69. The zero-order valence-electron chi connectivity index (χ0n) is 33.8. The summed E-state index contributed by atoms with van der Waals surface area (Å²) in [6.07, 6.45) is 3.47. The molecular formula is C42H51ClN8O8. The number of rotatable bonds is 10. The van der Waals surface area contributed by atoms with Crippen molar-refractivity contribution in [1.29, 1.82) is 0 Å². The fourth-order valence-electron chi connectivity index (χ4n) is 8.18. The highest BCUT2D eigenvalue weighted by atomic mass is 35.5. The van der Waals surface area contributed by atoms with E-state index in [0.29, 0.717) is 68.0 Å². The van der Waals surface area contributed by atoms with Crippen molar-refractivity contribution in [2.45, 2.75) is 84.0 Å². The van der Waals surface area contributed by atoms with Gasteiger partial charge in [0.2, 0.25) is 11.8 Å². The predicted octanol–water partition coefficient (Wildman–Crippen LogP) is 6.95. The number of carboxylic acid groups (broad SMARTS) is 1. The maximum atomic E-state index is 13.7. The zero-order chi connectivity index (χ0) is 42.0. The molecule has 0 spiro atoms. The van der Waals surface area contributed by atoms with Crippen LogP contribution in [0.2, 0.25) is 5.15 Å². The van der Waals surface area contributed by atoms with Gasteiger partial charge in [-0.05, 0) is 61.8 Å². The SMILES string of the molecule is COC(=O)N[C@H](C(=O)N1CCC[C@H]1c1ncc(-c2ccc3c(c2)OCCCOc2cc(-c4[nH]c([C@@H]5CCCN5C(=O)[C@@H](NC(=O)O)C(C)C)nc4Cl)ccc2-3)[nH]1)C(C)C. The molecule has 3 aliphatic rings. The summed E-state index contributed by atoms with van der Waals surface area (Å²) in [6, 6.07) is 9.52. The number of imidazole rings is 2. The van der Waals surface area contributed by atoms with E-state index in [9.17, 15) is 24.3 Å². The van der Waals surface area contributed by atoms with Crippen LogP contribution in [0.5, 0.6) is 11.5 Å². The van der Waals surface area contributed by atoms with E-state index in [1.54, 1.807) is 16.0 Å². The number of aromatic amines is 2. The third-order valence-electron chi connectivity index (χ3n) is 11.2. The zero-order valence-corrected chi connectivity index (χ0v) is 34.6. The Balaban J connectivity index is 1.13. The van der Waals surface area contributed by atoms with Gasteiger partial charge in [0.25, 0.3) is 0 Å². The number of carbonyl (C=O) groups is 4. The summed E-state index contributed by atoms with van der Waals surface area (Å²) < 4.78 is 17.4. The van der Waals surface area contributed by atoms with Gasteiger partial charge in [0.05, 0.1) is 50.0 Å². The van der Waals surface area contributed by atoms with Gasteiger partial charge in [-0.1, -0.05) is 51.4 Å². The number of halogens is 1. The highest BCUT2D eigenvalue weighted by molar-refractivity contribution is 6.32. The summed E-state index contributed by atoms with van der Waals surface area (Å²) in [5.41, 5.74) is 4.64. The van der Waals surface area contributed by atoms with E-state index in [2.05, 4.69) is 25.6 Å². The molecule has 3 aliphatic heterocycles. The molecule has 0 unspecified atom stereocenters. The first kappa shape index (κ1) is 41.4. The number of nitrogens with zero attached hydrogens (tertiary/aromatic N) is 4. The number of H-pyrrole nitrogens is 2. The average molecular weight is 831 g/mol. The Morgan fingerprint density at radius 1 is 0.814 bits per heavy atom. The number of methoxy groups -OCH3 is 1. The first-order valence-corrected chi connectivity index (χ1v) is 20.5. The van der Waals surface area contributed by atoms with Gasteiger partial charge >= 0.3 is 12.2 Å². The van der Waals surface area contributed by atoms with Gasteiger partial charge in [-0.15, -0.1) is 0 Å². The molecule has 2 saturated heterocycles. The Kier molecular flexibility index (Phi) is 12.4. The molecule has 0 radical (unpaired) electrons. The summed E-state index contributed by atoms with van der Waals surface area (Å²) in [5, 5.41) is 14.7. The standard InChI is InChI=1S/C42H51ClN8O8/c1-22(2)33(47-41(54)55)39(52)51-16-7-10-30(51)38-46-35(36(43)49-38)25-12-14-27-26-13-11-24(19-31(26)58-17-8-18-59-32(27)20-25)28-21-44-37(45-28)29-9-6-15-50(29)40(53)34(23(3)4)48-42(56)57-5/h11-14,19-23,29-30,33-34,47H,6-10,15-18H2,1-5H3,(H,44,45)(H,46,49)(H,48,56)(H,54,55)/t29-,30-,33-,34-/m0/s1. The van der Waals surface area contributed by atoms with Crippen LogP contribution in [-0.4, -0.2) is 104 Å². The number of fused-ring (bicyclic) bond motifs is 3. The molecular weight excluding hydrogens is 780 g/mol. The summed E-state index contributed by atoms with van der Waals surface area (Å²) >= 11 is 6.76. The molecule has 2 fully saturated rings. The molecule has 4 amide bonds. The van der Waals surface area contributed by atoms with Gasteiger partial charge in [-0.25, -0.2) is 19.6 Å². The fraction of sp³-hybridized carbons (Fsp3) is 0.476. The Labute approximate surface area is 347 Å². The molecule has 4 atom stereocenters. The molecule has 2 aromatic heterocycles. The van der Waals surface area contributed by atoms with Crippen molar-refractivity contribution in [1.82, 2.24) is 40.4 Å². The van der Waals surface area contributed by atoms with E-state index in [1.807, 2.05) is 64.1 Å². The minimum absolute atomic E-state index is 0.136. The van der Waals surface area contributed by atoms with Crippen molar-refractivity contribution in [2.75, 3.05) is 33.4 Å². The first-order chi connectivity index (χ1) is 28.3. The van der Waals surface area contributed by atoms with Gasteiger partial charge in [0, 0.05) is 41.8 Å². The Bertz CT molecular complexity index is 2200. The van der Waals surface area contributed by atoms with E-state index >= 15 is 0 Å². The maximum Gasteiger partial charge on any atom is 0.407 e. The lowest BCUT2D eigenvalue weighted by Gasteiger charge is -2.30. The largest absolute Gasteiger partial charge is 0.493 e. The monoisotopic (exact) mass is 830 g/mol. The Morgan fingerprint density at radius 2 is 1.37 bits per heavy atom. The van der Waals surface area contributed by atoms with Crippen LogP contribution in [0.4, 0.5) is 9.59 Å². The molecule has 0 bridgehead atoms. The van der Waals surface area contributed by atoms with Gasteiger partial charge < -0.3 is 49.7 Å². The van der Waals surface area contributed by atoms with Gasteiger partial charge in [-0.3, -0.25) is 9.59 Å². The number of carbonyl (C=O) groups excluding carboxylic acids is 3. The number of alkyl carbamates (subject to hydrolysis) is 1. The average Bonchev–Trinajstić information content (AvgIpc) is 4.05. The molecule has 7 rings (SSSR count). The molecule has 314 valence electrons. The van der Waals surface area contributed by atoms with Crippen LogP contribution in [0.25, 0.3) is 33.6 Å². The third-order valence-corrected chi connectivity index (χ3v) is 11.5. The van der Waals surface area contributed by atoms with Crippen molar-refractivity contribution in [3.05, 3.63) is 59.4 Å². The van der Waals surface area contributed by atoms with Crippen LogP contribution in [0.1, 0.15) is 83.5 Å². The quantitative estimate of drug-likeness (QED) is 0.111. The molecule has 17 heteroatoms. The fourth-order valence-corrected chi connectivity index (χ4v) is 8.43. The molecule has 4 aromatic rings. The van der Waals surface area contributed by atoms with Crippen LogP contribution >= 0.6 is 11.6 Å². The van der Waals surface area contributed by atoms with Crippen LogP contribution in [0.3, 0.4) is 0 Å². The molecule has 5 heterocycles. The lowest BCUT2D eigenvalue weighted by Crippen LogP contribution is -2.51. The number of likely N-dealkylation sites (tertiary alicyclic amines) is 2. The minimum Gasteiger partial charge on any atom is -0.493 e.